The van der Waals surface area contributed by atoms with Gasteiger partial charge in [-0.15, -0.1) is 0 Å². The van der Waals surface area contributed by atoms with E-state index in [9.17, 15) is 4.79 Å². The van der Waals surface area contributed by atoms with E-state index in [2.05, 4.69) is 4.98 Å². The summed E-state index contributed by atoms with van der Waals surface area (Å²) in [5.74, 6) is 5.39. The van der Waals surface area contributed by atoms with Gasteiger partial charge in [0.15, 0.2) is 0 Å². The molecule has 0 bridgehead atoms. The summed E-state index contributed by atoms with van der Waals surface area (Å²) < 4.78 is 1.70. The third-order valence-electron chi connectivity index (χ3n) is 2.18. The van der Waals surface area contributed by atoms with Crippen LogP contribution in [0.25, 0.3) is 0 Å². The predicted octanol–water partition coefficient (Wildman–Crippen LogP) is 0.941. The number of rotatable bonds is 2. The van der Waals surface area contributed by atoms with Gasteiger partial charge in [0.05, 0.1) is 12.0 Å². The Morgan fingerprint density at radius 3 is 2.62 bits per heavy atom. The zero-order chi connectivity index (χ0) is 11.5. The van der Waals surface area contributed by atoms with Crippen LogP contribution in [0.2, 0.25) is 0 Å². The number of aryl methyl sites for hydroxylation is 1. The fourth-order valence-corrected chi connectivity index (χ4v) is 1.35. The van der Waals surface area contributed by atoms with Crippen molar-refractivity contribution >= 4 is 11.6 Å². The van der Waals surface area contributed by atoms with E-state index in [1.54, 1.807) is 36.3 Å². The van der Waals surface area contributed by atoms with Crippen LogP contribution in [0.4, 0.5) is 5.69 Å². The maximum absolute atomic E-state index is 11.9. The van der Waals surface area contributed by atoms with Gasteiger partial charge in [-0.2, -0.15) is 0 Å². The molecule has 0 aliphatic heterocycles. The molecule has 0 fully saturated rings. The minimum absolute atomic E-state index is 0.327. The maximum Gasteiger partial charge on any atom is 0.292 e. The topological polar surface area (TPSA) is 64.2 Å². The first kappa shape index (κ1) is 10.4. The van der Waals surface area contributed by atoms with Crippen LogP contribution >= 0.6 is 0 Å². The fourth-order valence-electron chi connectivity index (χ4n) is 1.35. The number of benzene rings is 1. The zero-order valence-electron chi connectivity index (χ0n) is 8.87. The van der Waals surface area contributed by atoms with Crippen LogP contribution < -0.4 is 10.9 Å². The van der Waals surface area contributed by atoms with E-state index in [1.165, 1.54) is 0 Å². The lowest BCUT2D eigenvalue weighted by Crippen LogP contribution is -2.37. The molecule has 5 nitrogen and oxygen atoms in total. The molecule has 0 radical (unpaired) electrons. The van der Waals surface area contributed by atoms with E-state index in [1.807, 2.05) is 18.2 Å². The molecule has 2 aromatic rings. The molecule has 1 heterocycles. The van der Waals surface area contributed by atoms with E-state index in [-0.39, 0.29) is 5.91 Å². The number of hydrazine groups is 1. The van der Waals surface area contributed by atoms with Crippen LogP contribution in [-0.4, -0.2) is 15.5 Å². The molecule has 2 N–H and O–H groups in total. The second kappa shape index (κ2) is 4.16. The molecule has 16 heavy (non-hydrogen) atoms. The third-order valence-corrected chi connectivity index (χ3v) is 2.18. The van der Waals surface area contributed by atoms with Gasteiger partial charge >= 0.3 is 0 Å². The van der Waals surface area contributed by atoms with Crippen molar-refractivity contribution in [2.24, 2.45) is 12.9 Å². The lowest BCUT2D eigenvalue weighted by molar-refractivity contribution is 0.0982. The minimum atomic E-state index is -0.327. The predicted molar refractivity (Wildman–Crippen MR) is 60.6 cm³/mol. The Morgan fingerprint density at radius 2 is 2.06 bits per heavy atom. The molecule has 0 unspecified atom stereocenters. The van der Waals surface area contributed by atoms with Gasteiger partial charge in [0.2, 0.25) is 0 Å². The van der Waals surface area contributed by atoms with E-state index < -0.39 is 0 Å². The van der Waals surface area contributed by atoms with Crippen molar-refractivity contribution in [3.8, 4) is 0 Å². The quantitative estimate of drug-likeness (QED) is 0.461. The molecule has 0 saturated heterocycles. The van der Waals surface area contributed by atoms with Crippen molar-refractivity contribution in [3.05, 3.63) is 48.5 Å². The fraction of sp³-hybridized carbons (Fsp3) is 0.0909. The molecule has 0 spiro atoms. The zero-order valence-corrected chi connectivity index (χ0v) is 8.87. The Hall–Kier alpha value is -2.14. The third kappa shape index (κ3) is 1.94. The van der Waals surface area contributed by atoms with Crippen LogP contribution in [0.3, 0.4) is 0 Å². The molecule has 0 atom stereocenters. The van der Waals surface area contributed by atoms with Gasteiger partial charge in [-0.1, -0.05) is 18.2 Å². The highest BCUT2D eigenvalue weighted by Crippen LogP contribution is 2.11. The SMILES string of the molecule is Cn1cnc(C(=O)N(N)c2ccccc2)c1. The Morgan fingerprint density at radius 1 is 1.38 bits per heavy atom. The average Bonchev–Trinajstić information content (AvgIpc) is 2.75. The van der Waals surface area contributed by atoms with Crippen LogP contribution in [0, 0.1) is 0 Å². The summed E-state index contributed by atoms with van der Waals surface area (Å²) in [6.07, 6.45) is 3.19. The van der Waals surface area contributed by atoms with Gasteiger partial charge in [-0.05, 0) is 12.1 Å². The normalized spacial score (nSPS) is 10.1. The Balaban J connectivity index is 2.23. The largest absolute Gasteiger partial charge is 0.340 e. The molecule has 1 aromatic heterocycles. The molecular formula is C11H12N4O. The molecule has 0 saturated carbocycles. The molecule has 2 rings (SSSR count). The number of carbonyl (C=O) groups excluding carboxylic acids is 1. The smallest absolute Gasteiger partial charge is 0.292 e. The van der Waals surface area contributed by atoms with Gasteiger partial charge in [0, 0.05) is 13.2 Å². The summed E-state index contributed by atoms with van der Waals surface area (Å²) in [5.41, 5.74) is 0.965. The second-order valence-corrected chi connectivity index (χ2v) is 3.44. The lowest BCUT2D eigenvalue weighted by atomic mass is 10.3. The standard InChI is InChI=1S/C11H12N4O/c1-14-7-10(13-8-14)11(16)15(12)9-5-3-2-4-6-9/h2-8H,12H2,1H3. The average molecular weight is 216 g/mol. The highest BCUT2D eigenvalue weighted by atomic mass is 16.2. The number of para-hydroxylation sites is 1. The Bertz CT molecular complexity index is 492. The van der Waals surface area contributed by atoms with Crippen molar-refractivity contribution in [2.75, 3.05) is 5.01 Å². The van der Waals surface area contributed by atoms with Crippen LogP contribution in [0.1, 0.15) is 10.5 Å². The Labute approximate surface area is 93.1 Å². The van der Waals surface area contributed by atoms with Crippen LogP contribution in [-0.2, 0) is 7.05 Å². The van der Waals surface area contributed by atoms with Gasteiger partial charge in [0.25, 0.3) is 5.91 Å². The molecule has 1 aromatic carbocycles. The first-order valence-electron chi connectivity index (χ1n) is 4.80. The van der Waals surface area contributed by atoms with Gasteiger partial charge in [-0.3, -0.25) is 4.79 Å². The Kier molecular flexibility index (Phi) is 2.70. The van der Waals surface area contributed by atoms with E-state index >= 15 is 0 Å². The summed E-state index contributed by atoms with van der Waals surface area (Å²) >= 11 is 0. The molecule has 1 amide bonds. The van der Waals surface area contributed by atoms with Crippen molar-refractivity contribution in [3.63, 3.8) is 0 Å². The molecule has 0 aliphatic rings. The number of nitrogens with zero attached hydrogens (tertiary/aromatic N) is 3. The summed E-state index contributed by atoms with van der Waals surface area (Å²) in [7, 11) is 1.80. The molecule has 5 heteroatoms. The number of imidazole rings is 1. The monoisotopic (exact) mass is 216 g/mol. The molecule has 82 valence electrons. The van der Waals surface area contributed by atoms with Gasteiger partial charge < -0.3 is 4.57 Å². The number of hydrogen-bond acceptors (Lipinski definition) is 3. The highest BCUT2D eigenvalue weighted by Gasteiger charge is 2.15. The van der Waals surface area contributed by atoms with Crippen molar-refractivity contribution in [1.29, 1.82) is 0 Å². The number of anilines is 1. The summed E-state index contributed by atoms with van der Waals surface area (Å²) in [4.78, 5) is 15.8. The lowest BCUT2D eigenvalue weighted by Gasteiger charge is -2.14. The first-order valence-corrected chi connectivity index (χ1v) is 4.80. The van der Waals surface area contributed by atoms with Crippen molar-refractivity contribution in [2.45, 2.75) is 0 Å². The number of aromatic nitrogens is 2. The van der Waals surface area contributed by atoms with Crippen LogP contribution in [0.15, 0.2) is 42.9 Å². The van der Waals surface area contributed by atoms with Gasteiger partial charge in [-0.25, -0.2) is 15.8 Å². The maximum atomic E-state index is 11.9. The number of hydrogen-bond donors (Lipinski definition) is 1. The molecule has 0 aliphatic carbocycles. The van der Waals surface area contributed by atoms with Crippen molar-refractivity contribution < 1.29 is 4.79 Å². The second-order valence-electron chi connectivity index (χ2n) is 3.44. The van der Waals surface area contributed by atoms with E-state index in [4.69, 9.17) is 5.84 Å². The number of carbonyl (C=O) groups is 1. The van der Waals surface area contributed by atoms with E-state index in [0.717, 1.165) is 5.01 Å². The number of amides is 1. The molecular weight excluding hydrogens is 204 g/mol. The summed E-state index contributed by atoms with van der Waals surface area (Å²) in [5, 5.41) is 1.09. The van der Waals surface area contributed by atoms with Crippen LogP contribution in [0.5, 0.6) is 0 Å². The first-order chi connectivity index (χ1) is 7.68. The van der Waals surface area contributed by atoms with Gasteiger partial charge in [0.1, 0.15) is 5.69 Å². The summed E-state index contributed by atoms with van der Waals surface area (Å²) in [6, 6.07) is 9.03. The number of nitrogens with two attached hydrogens (primary N) is 1. The summed E-state index contributed by atoms with van der Waals surface area (Å²) in [6.45, 7) is 0. The minimum Gasteiger partial charge on any atom is -0.340 e. The van der Waals surface area contributed by atoms with E-state index in [0.29, 0.717) is 11.4 Å². The van der Waals surface area contributed by atoms with Crippen molar-refractivity contribution in [1.82, 2.24) is 9.55 Å². The highest BCUT2D eigenvalue weighted by molar-refractivity contribution is 6.03.